The monoisotopic (exact) mass is 381 g/mol. The van der Waals surface area contributed by atoms with Crippen LogP contribution in [0.1, 0.15) is 6.23 Å². The van der Waals surface area contributed by atoms with Gasteiger partial charge in [0.05, 0.1) is 12.9 Å². The van der Waals surface area contributed by atoms with Crippen molar-refractivity contribution in [3.8, 4) is 0 Å². The Bertz CT molecular complexity index is 812. The first-order chi connectivity index (χ1) is 11.2. The van der Waals surface area contributed by atoms with Gasteiger partial charge in [-0.2, -0.15) is 9.97 Å². The number of ether oxygens (including phenoxy) is 1. The molecule has 14 heteroatoms. The molecule has 2 aromatic heterocycles. The van der Waals surface area contributed by atoms with Crippen molar-refractivity contribution in [1.29, 1.82) is 0 Å². The summed E-state index contributed by atoms with van der Waals surface area (Å²) in [5.74, 6) is -0.122. The molecule has 1 aliphatic heterocycles. The number of halogens is 1. The summed E-state index contributed by atoms with van der Waals surface area (Å²) in [5.41, 5.74) is 5.91. The molecule has 0 aromatic carbocycles. The first-order valence-electron chi connectivity index (χ1n) is 6.54. The van der Waals surface area contributed by atoms with Crippen LogP contribution >= 0.6 is 19.4 Å². The maximum absolute atomic E-state index is 10.7. The third kappa shape index (κ3) is 3.23. The van der Waals surface area contributed by atoms with Crippen molar-refractivity contribution >= 4 is 36.5 Å². The average molecular weight is 382 g/mol. The third-order valence-electron chi connectivity index (χ3n) is 3.41. The molecule has 0 spiro atoms. The van der Waals surface area contributed by atoms with Gasteiger partial charge in [-0.05, 0) is 0 Å². The number of anilines is 1. The fourth-order valence-electron chi connectivity index (χ4n) is 2.35. The second kappa shape index (κ2) is 6.17. The number of fused-ring (bicyclic) bond motifs is 1. The van der Waals surface area contributed by atoms with Gasteiger partial charge in [0.15, 0.2) is 17.0 Å². The number of aliphatic hydroxyl groups excluding tert-OH is 2. The van der Waals surface area contributed by atoms with Gasteiger partial charge < -0.3 is 30.5 Å². The number of nitrogens with zero attached hydrogens (tertiary/aromatic N) is 4. The number of rotatable bonds is 4. The number of imidazole rings is 1. The summed E-state index contributed by atoms with van der Waals surface area (Å²) in [7, 11) is -4.74. The highest BCUT2D eigenvalue weighted by molar-refractivity contribution is 7.46. The summed E-state index contributed by atoms with van der Waals surface area (Å²) >= 11 is 5.91. The van der Waals surface area contributed by atoms with Crippen LogP contribution in [0.5, 0.6) is 0 Å². The molecule has 0 unspecified atom stereocenters. The van der Waals surface area contributed by atoms with Crippen molar-refractivity contribution in [2.24, 2.45) is 0 Å². The molecule has 0 aliphatic carbocycles. The molecule has 3 heterocycles. The zero-order valence-electron chi connectivity index (χ0n) is 11.8. The molecule has 0 saturated carbocycles. The van der Waals surface area contributed by atoms with E-state index in [0.717, 1.165) is 0 Å². The molecular formula is C10H13ClN5O7P. The molecule has 6 N–H and O–H groups in total. The Morgan fingerprint density at radius 1 is 1.38 bits per heavy atom. The summed E-state index contributed by atoms with van der Waals surface area (Å²) < 4.78 is 21.8. The van der Waals surface area contributed by atoms with Crippen LogP contribution in [-0.2, 0) is 13.8 Å². The van der Waals surface area contributed by atoms with Crippen LogP contribution in [0.4, 0.5) is 5.95 Å². The van der Waals surface area contributed by atoms with E-state index in [-0.39, 0.29) is 22.3 Å². The fraction of sp³-hybridized carbons (Fsp3) is 0.500. The number of nitrogen functional groups attached to an aromatic ring is 1. The minimum Gasteiger partial charge on any atom is -0.387 e. The van der Waals surface area contributed by atoms with E-state index in [1.54, 1.807) is 0 Å². The van der Waals surface area contributed by atoms with Gasteiger partial charge in [0.2, 0.25) is 5.95 Å². The number of aromatic nitrogens is 4. The molecule has 3 rings (SSSR count). The highest BCUT2D eigenvalue weighted by Gasteiger charge is 2.45. The topological polar surface area (TPSA) is 186 Å². The van der Waals surface area contributed by atoms with Crippen molar-refractivity contribution < 1.29 is 33.8 Å². The first kappa shape index (κ1) is 17.5. The van der Waals surface area contributed by atoms with Crippen molar-refractivity contribution in [3.05, 3.63) is 11.5 Å². The van der Waals surface area contributed by atoms with Crippen LogP contribution in [0, 0.1) is 0 Å². The Kier molecular flexibility index (Phi) is 4.49. The second-order valence-electron chi connectivity index (χ2n) is 5.03. The van der Waals surface area contributed by atoms with E-state index in [0.29, 0.717) is 0 Å². The lowest BCUT2D eigenvalue weighted by atomic mass is 10.1. The standard InChI is InChI=1S/C10H13ClN5O7P/c11-7-4-8(15-10(12)14-7)16(2-13-4)9-6(18)5(17)3(23-9)1-22-24(19,20)21/h2-3,5-6,9,17-18H,1H2,(H2,12,14,15)(H2,19,20,21)/t3-,5-,6-,9-/m1/s1. The zero-order chi connectivity index (χ0) is 17.6. The third-order valence-corrected chi connectivity index (χ3v) is 4.16. The van der Waals surface area contributed by atoms with Gasteiger partial charge in [-0.3, -0.25) is 9.09 Å². The maximum atomic E-state index is 10.7. The van der Waals surface area contributed by atoms with E-state index in [1.807, 2.05) is 0 Å². The highest BCUT2D eigenvalue weighted by Crippen LogP contribution is 2.39. The van der Waals surface area contributed by atoms with Gasteiger partial charge in [0.1, 0.15) is 23.8 Å². The number of phosphoric ester groups is 1. The molecule has 1 saturated heterocycles. The number of hydrogen-bond acceptors (Lipinski definition) is 9. The Labute approximate surface area is 139 Å². The lowest BCUT2D eigenvalue weighted by molar-refractivity contribution is -0.0503. The molecule has 24 heavy (non-hydrogen) atoms. The highest BCUT2D eigenvalue weighted by atomic mass is 35.5. The van der Waals surface area contributed by atoms with E-state index in [1.165, 1.54) is 10.9 Å². The number of hydrogen-bond donors (Lipinski definition) is 5. The molecule has 0 bridgehead atoms. The predicted octanol–water partition coefficient (Wildman–Crippen LogP) is -1.21. The molecular weight excluding hydrogens is 369 g/mol. The molecule has 0 amide bonds. The van der Waals surface area contributed by atoms with Crippen molar-refractivity contribution in [2.75, 3.05) is 12.3 Å². The summed E-state index contributed by atoms with van der Waals surface area (Å²) in [4.78, 5) is 29.1. The molecule has 2 aromatic rings. The summed E-state index contributed by atoms with van der Waals surface area (Å²) in [6, 6.07) is 0. The summed E-state index contributed by atoms with van der Waals surface area (Å²) in [5, 5.41) is 20.1. The maximum Gasteiger partial charge on any atom is 0.469 e. The van der Waals surface area contributed by atoms with Gasteiger partial charge >= 0.3 is 7.82 Å². The second-order valence-corrected chi connectivity index (χ2v) is 6.63. The van der Waals surface area contributed by atoms with Crippen molar-refractivity contribution in [2.45, 2.75) is 24.5 Å². The number of phosphoric acid groups is 1. The minimum absolute atomic E-state index is 0.00525. The van der Waals surface area contributed by atoms with Gasteiger partial charge in [0.25, 0.3) is 0 Å². The van der Waals surface area contributed by atoms with Crippen LogP contribution in [0.2, 0.25) is 5.15 Å². The van der Waals surface area contributed by atoms with Gasteiger partial charge in [-0.1, -0.05) is 11.6 Å². The minimum atomic E-state index is -4.74. The van der Waals surface area contributed by atoms with E-state index < -0.39 is 39.0 Å². The van der Waals surface area contributed by atoms with E-state index in [2.05, 4.69) is 19.5 Å². The molecule has 0 radical (unpaired) electrons. The zero-order valence-corrected chi connectivity index (χ0v) is 13.4. The van der Waals surface area contributed by atoms with Crippen LogP contribution in [0.15, 0.2) is 6.33 Å². The SMILES string of the molecule is Nc1nc(Cl)c2ncn([C@@H]3O[C@H](COP(=O)(O)O)[C@@H](O)[C@H]3O)c2n1. The largest absolute Gasteiger partial charge is 0.469 e. The van der Waals surface area contributed by atoms with E-state index >= 15 is 0 Å². The summed E-state index contributed by atoms with van der Waals surface area (Å²) in [6.45, 7) is -0.622. The molecule has 1 aliphatic rings. The van der Waals surface area contributed by atoms with Crippen LogP contribution in [0.3, 0.4) is 0 Å². The number of aliphatic hydroxyl groups is 2. The fourth-order valence-corrected chi connectivity index (χ4v) is 2.91. The van der Waals surface area contributed by atoms with Crippen LogP contribution in [0.25, 0.3) is 11.2 Å². The molecule has 132 valence electrons. The van der Waals surface area contributed by atoms with Gasteiger partial charge in [-0.15, -0.1) is 0 Å². The summed E-state index contributed by atoms with van der Waals surface area (Å²) in [6.07, 6.45) is -3.93. The van der Waals surface area contributed by atoms with E-state index in [4.69, 9.17) is 31.9 Å². The molecule has 1 fully saturated rings. The smallest absolute Gasteiger partial charge is 0.387 e. The Morgan fingerprint density at radius 3 is 2.75 bits per heavy atom. The Hall–Kier alpha value is -1.37. The van der Waals surface area contributed by atoms with Crippen molar-refractivity contribution in [1.82, 2.24) is 19.5 Å². The quantitative estimate of drug-likeness (QED) is 0.316. The van der Waals surface area contributed by atoms with E-state index in [9.17, 15) is 14.8 Å². The first-order valence-corrected chi connectivity index (χ1v) is 8.45. The van der Waals surface area contributed by atoms with Crippen LogP contribution < -0.4 is 5.73 Å². The normalized spacial score (nSPS) is 27.9. The number of nitrogens with two attached hydrogens (primary N) is 1. The molecule has 12 nitrogen and oxygen atoms in total. The average Bonchev–Trinajstić information content (AvgIpc) is 3.00. The molecule has 4 atom stereocenters. The predicted molar refractivity (Wildman–Crippen MR) is 78.7 cm³/mol. The lowest BCUT2D eigenvalue weighted by Crippen LogP contribution is -2.33. The van der Waals surface area contributed by atoms with Gasteiger partial charge in [-0.25, -0.2) is 9.55 Å². The lowest BCUT2D eigenvalue weighted by Gasteiger charge is -2.16. The Balaban J connectivity index is 1.89. The Morgan fingerprint density at radius 2 is 2.08 bits per heavy atom. The van der Waals surface area contributed by atoms with Gasteiger partial charge in [0, 0.05) is 0 Å². The van der Waals surface area contributed by atoms with Crippen LogP contribution in [-0.4, -0.2) is 64.4 Å². The van der Waals surface area contributed by atoms with Crippen molar-refractivity contribution in [3.63, 3.8) is 0 Å².